The summed E-state index contributed by atoms with van der Waals surface area (Å²) in [6, 6.07) is 16.1. The number of hydrogen-bond donors (Lipinski definition) is 1. The fourth-order valence-corrected chi connectivity index (χ4v) is 3.20. The van der Waals surface area contributed by atoms with Crippen LogP contribution in [0.15, 0.2) is 48.5 Å². The Hall–Kier alpha value is -2.75. The second-order valence-corrected chi connectivity index (χ2v) is 5.69. The van der Waals surface area contributed by atoms with Crippen molar-refractivity contribution in [3.8, 4) is 5.75 Å². The van der Waals surface area contributed by atoms with Crippen LogP contribution < -0.4 is 15.4 Å². The van der Waals surface area contributed by atoms with Gasteiger partial charge in [0.15, 0.2) is 0 Å². The molecule has 2 heterocycles. The molecule has 0 unspecified atom stereocenters. The van der Waals surface area contributed by atoms with Gasteiger partial charge in [-0.2, -0.15) is 0 Å². The molecule has 0 radical (unpaired) electrons. The zero-order valence-electron chi connectivity index (χ0n) is 13.1. The van der Waals surface area contributed by atoms with E-state index in [1.165, 1.54) is 5.56 Å². The number of rotatable bonds is 3. The highest BCUT2D eigenvalue weighted by molar-refractivity contribution is 5.91. The van der Waals surface area contributed by atoms with Gasteiger partial charge >= 0.3 is 0 Å². The zero-order valence-corrected chi connectivity index (χ0v) is 13.1. The summed E-state index contributed by atoms with van der Waals surface area (Å²) in [5.74, 6) is 1.97. The maximum absolute atomic E-state index is 5.98. The Bertz CT molecular complexity index is 858. The molecule has 1 aliphatic rings. The van der Waals surface area contributed by atoms with E-state index in [0.29, 0.717) is 6.61 Å². The van der Waals surface area contributed by atoms with Crippen LogP contribution >= 0.6 is 0 Å². The number of hydrogen-bond acceptors (Lipinski definition) is 4. The van der Waals surface area contributed by atoms with E-state index in [9.17, 15) is 0 Å². The molecule has 4 heteroatoms. The summed E-state index contributed by atoms with van der Waals surface area (Å²) in [5, 5.41) is 1.09. The Morgan fingerprint density at radius 1 is 1.13 bits per heavy atom. The van der Waals surface area contributed by atoms with Gasteiger partial charge in [-0.3, -0.25) is 0 Å². The van der Waals surface area contributed by atoms with E-state index < -0.39 is 0 Å². The summed E-state index contributed by atoms with van der Waals surface area (Å²) in [6.45, 7) is 3.58. The fourth-order valence-electron chi connectivity index (χ4n) is 3.20. The van der Waals surface area contributed by atoms with Crippen LogP contribution in [0.4, 0.5) is 17.2 Å². The second kappa shape index (κ2) is 5.47. The Morgan fingerprint density at radius 3 is 2.70 bits per heavy atom. The van der Waals surface area contributed by atoms with E-state index in [1.54, 1.807) is 0 Å². The van der Waals surface area contributed by atoms with Gasteiger partial charge in [0, 0.05) is 28.9 Å². The smallest absolute Gasteiger partial charge is 0.140 e. The highest BCUT2D eigenvalue weighted by atomic mass is 16.5. The number of para-hydroxylation sites is 1. The molecule has 2 aromatic carbocycles. The molecule has 3 aromatic rings. The molecule has 1 aliphatic heterocycles. The lowest BCUT2D eigenvalue weighted by Crippen LogP contribution is -2.14. The predicted molar refractivity (Wildman–Crippen MR) is 94.5 cm³/mol. The largest absolute Gasteiger partial charge is 0.493 e. The molecule has 0 saturated carbocycles. The zero-order chi connectivity index (χ0) is 15.8. The Kier molecular flexibility index (Phi) is 3.30. The summed E-state index contributed by atoms with van der Waals surface area (Å²) in [4.78, 5) is 7.13. The van der Waals surface area contributed by atoms with Crippen LogP contribution in [0.3, 0.4) is 0 Å². The average molecular weight is 305 g/mol. The first-order chi connectivity index (χ1) is 11.3. The molecule has 0 saturated heterocycles. The third kappa shape index (κ3) is 2.27. The molecule has 0 atom stereocenters. The number of fused-ring (bicyclic) bond motifs is 2. The van der Waals surface area contributed by atoms with Crippen LogP contribution in [0, 0.1) is 0 Å². The molecular formula is C19H19N3O. The lowest BCUT2D eigenvalue weighted by atomic mass is 10.1. The van der Waals surface area contributed by atoms with Gasteiger partial charge in [0.2, 0.25) is 0 Å². The van der Waals surface area contributed by atoms with Gasteiger partial charge in [-0.25, -0.2) is 4.98 Å². The summed E-state index contributed by atoms with van der Waals surface area (Å²) in [7, 11) is 0. The molecule has 0 bridgehead atoms. The van der Waals surface area contributed by atoms with Crippen molar-refractivity contribution in [1.82, 2.24) is 4.98 Å². The molecule has 2 N–H and O–H groups in total. The van der Waals surface area contributed by atoms with E-state index in [-0.39, 0.29) is 0 Å². The molecule has 1 aromatic heterocycles. The van der Waals surface area contributed by atoms with Crippen molar-refractivity contribution < 1.29 is 4.74 Å². The quantitative estimate of drug-likeness (QED) is 0.745. The van der Waals surface area contributed by atoms with Crippen LogP contribution in [0.2, 0.25) is 0 Å². The van der Waals surface area contributed by atoms with Crippen LogP contribution in [0.5, 0.6) is 5.75 Å². The average Bonchev–Trinajstić information content (AvgIpc) is 2.99. The van der Waals surface area contributed by atoms with E-state index in [2.05, 4.69) is 11.0 Å². The highest BCUT2D eigenvalue weighted by Crippen LogP contribution is 2.41. The van der Waals surface area contributed by atoms with E-state index in [1.807, 2.05) is 49.4 Å². The first-order valence-corrected chi connectivity index (χ1v) is 7.95. The van der Waals surface area contributed by atoms with Crippen LogP contribution in [0.25, 0.3) is 10.9 Å². The number of anilines is 3. The van der Waals surface area contributed by atoms with Gasteiger partial charge in [-0.05, 0) is 49.7 Å². The van der Waals surface area contributed by atoms with E-state index in [4.69, 9.17) is 15.5 Å². The number of ether oxygens (including phenoxy) is 1. The summed E-state index contributed by atoms with van der Waals surface area (Å²) in [6.07, 6.45) is 0.937. The fraction of sp³-hybridized carbons (Fsp3) is 0.211. The van der Waals surface area contributed by atoms with Crippen molar-refractivity contribution in [1.29, 1.82) is 0 Å². The van der Waals surface area contributed by atoms with Gasteiger partial charge in [0.05, 0.1) is 12.1 Å². The minimum absolute atomic E-state index is 0.655. The maximum Gasteiger partial charge on any atom is 0.140 e. The Morgan fingerprint density at radius 2 is 1.91 bits per heavy atom. The maximum atomic E-state index is 5.98. The van der Waals surface area contributed by atoms with Crippen LogP contribution in [-0.2, 0) is 6.42 Å². The standard InChI is InChI=1S/C19H19N3O/c1-2-23-18-15-5-3-4-6-17(15)21-19-16(18)11-12-22(19)14-9-7-13(20)8-10-14/h3-10H,2,11-12,20H2,1H3. The third-order valence-electron chi connectivity index (χ3n) is 4.25. The predicted octanol–water partition coefficient (Wildman–Crippen LogP) is 3.91. The van der Waals surface area contributed by atoms with E-state index in [0.717, 1.165) is 46.8 Å². The molecular weight excluding hydrogens is 286 g/mol. The number of pyridine rings is 1. The number of aromatic nitrogens is 1. The summed E-state index contributed by atoms with van der Waals surface area (Å²) >= 11 is 0. The molecule has 4 rings (SSSR count). The SMILES string of the molecule is CCOc1c2c(nc3ccccc13)N(c1ccc(N)cc1)CC2. The summed E-state index contributed by atoms with van der Waals surface area (Å²) in [5.41, 5.74) is 9.86. The number of nitrogens with two attached hydrogens (primary N) is 1. The van der Waals surface area contributed by atoms with Crippen molar-refractivity contribution in [2.45, 2.75) is 13.3 Å². The molecule has 116 valence electrons. The van der Waals surface area contributed by atoms with Gasteiger partial charge in [0.1, 0.15) is 11.6 Å². The third-order valence-corrected chi connectivity index (χ3v) is 4.25. The van der Waals surface area contributed by atoms with Gasteiger partial charge in [-0.1, -0.05) is 12.1 Å². The van der Waals surface area contributed by atoms with Gasteiger partial charge < -0.3 is 15.4 Å². The van der Waals surface area contributed by atoms with Crippen molar-refractivity contribution in [2.75, 3.05) is 23.8 Å². The van der Waals surface area contributed by atoms with Crippen LogP contribution in [-0.4, -0.2) is 18.1 Å². The van der Waals surface area contributed by atoms with E-state index >= 15 is 0 Å². The van der Waals surface area contributed by atoms with Gasteiger partial charge in [0.25, 0.3) is 0 Å². The first kappa shape index (κ1) is 13.9. The molecule has 23 heavy (non-hydrogen) atoms. The van der Waals surface area contributed by atoms with Crippen molar-refractivity contribution in [3.63, 3.8) is 0 Å². The van der Waals surface area contributed by atoms with Gasteiger partial charge in [-0.15, -0.1) is 0 Å². The molecule has 0 amide bonds. The topological polar surface area (TPSA) is 51.4 Å². The summed E-state index contributed by atoms with van der Waals surface area (Å²) < 4.78 is 5.98. The lowest BCUT2D eigenvalue weighted by molar-refractivity contribution is 0.341. The monoisotopic (exact) mass is 305 g/mol. The van der Waals surface area contributed by atoms with Crippen LogP contribution in [0.1, 0.15) is 12.5 Å². The molecule has 0 spiro atoms. The van der Waals surface area contributed by atoms with Crippen molar-refractivity contribution in [3.05, 3.63) is 54.1 Å². The normalized spacial score (nSPS) is 13.3. The highest BCUT2D eigenvalue weighted by Gasteiger charge is 2.27. The molecule has 4 nitrogen and oxygen atoms in total. The number of nitrogen functional groups attached to an aromatic ring is 1. The molecule has 0 fully saturated rings. The molecule has 0 aliphatic carbocycles. The Balaban J connectivity index is 1.89. The lowest BCUT2D eigenvalue weighted by Gasteiger charge is -2.20. The minimum Gasteiger partial charge on any atom is -0.493 e. The second-order valence-electron chi connectivity index (χ2n) is 5.69. The number of nitrogens with zero attached hydrogens (tertiary/aromatic N) is 2. The Labute approximate surface area is 135 Å². The number of benzene rings is 2. The van der Waals surface area contributed by atoms with Crippen molar-refractivity contribution in [2.24, 2.45) is 0 Å². The first-order valence-electron chi connectivity index (χ1n) is 7.95. The van der Waals surface area contributed by atoms with Crippen molar-refractivity contribution >= 4 is 28.1 Å². The minimum atomic E-state index is 0.655.